The van der Waals surface area contributed by atoms with Gasteiger partial charge in [0.25, 0.3) is 0 Å². The van der Waals surface area contributed by atoms with Crippen molar-refractivity contribution in [2.75, 3.05) is 52.8 Å². The van der Waals surface area contributed by atoms with Crippen molar-refractivity contribution in [3.8, 4) is 17.2 Å². The summed E-state index contributed by atoms with van der Waals surface area (Å²) in [7, 11) is 4.90. The smallest absolute Gasteiger partial charge is 0.203 e. The lowest BCUT2D eigenvalue weighted by Crippen LogP contribution is -2.49. The molecule has 1 saturated heterocycles. The van der Waals surface area contributed by atoms with Crippen LogP contribution >= 0.6 is 12.2 Å². The zero-order valence-electron chi connectivity index (χ0n) is 18.4. The third-order valence-electron chi connectivity index (χ3n) is 5.41. The van der Waals surface area contributed by atoms with E-state index in [1.807, 2.05) is 12.1 Å². The van der Waals surface area contributed by atoms with Gasteiger partial charge < -0.3 is 24.4 Å². The van der Waals surface area contributed by atoms with Gasteiger partial charge in [-0.3, -0.25) is 4.90 Å². The van der Waals surface area contributed by atoms with Crippen molar-refractivity contribution < 1.29 is 14.2 Å². The van der Waals surface area contributed by atoms with E-state index in [4.69, 9.17) is 26.4 Å². The summed E-state index contributed by atoms with van der Waals surface area (Å²) >= 11 is 5.66. The average molecular weight is 430 g/mol. The van der Waals surface area contributed by atoms with Crippen LogP contribution in [0.25, 0.3) is 0 Å². The maximum absolute atomic E-state index is 5.66. The summed E-state index contributed by atoms with van der Waals surface area (Å²) in [5.74, 6) is 1.99. The minimum atomic E-state index is 0.622. The summed E-state index contributed by atoms with van der Waals surface area (Å²) in [6.07, 6.45) is 0. The first kappa shape index (κ1) is 22.2. The van der Waals surface area contributed by atoms with Crippen LogP contribution in [-0.4, -0.2) is 62.4 Å². The molecule has 1 N–H and O–H groups in total. The summed E-state index contributed by atoms with van der Waals surface area (Å²) in [4.78, 5) is 4.65. The van der Waals surface area contributed by atoms with Crippen molar-refractivity contribution in [3.05, 3.63) is 47.0 Å². The lowest BCUT2D eigenvalue weighted by Gasteiger charge is -2.36. The van der Waals surface area contributed by atoms with Gasteiger partial charge in [-0.05, 0) is 55.4 Å². The van der Waals surface area contributed by atoms with E-state index in [0.717, 1.165) is 49.1 Å². The van der Waals surface area contributed by atoms with E-state index < -0.39 is 0 Å². The van der Waals surface area contributed by atoms with Gasteiger partial charge in [-0.1, -0.05) is 17.7 Å². The molecule has 7 heteroatoms. The van der Waals surface area contributed by atoms with Gasteiger partial charge in [-0.25, -0.2) is 0 Å². The second kappa shape index (κ2) is 10.00. The highest BCUT2D eigenvalue weighted by Crippen LogP contribution is 2.38. The molecule has 3 rings (SSSR count). The summed E-state index contributed by atoms with van der Waals surface area (Å²) in [6.45, 7) is 8.68. The molecule has 0 radical (unpaired) electrons. The Kier molecular flexibility index (Phi) is 7.39. The Bertz CT molecular complexity index is 870. The largest absolute Gasteiger partial charge is 0.493 e. The molecule has 0 aromatic heterocycles. The van der Waals surface area contributed by atoms with E-state index in [-0.39, 0.29) is 0 Å². The van der Waals surface area contributed by atoms with Crippen molar-refractivity contribution in [2.24, 2.45) is 0 Å². The van der Waals surface area contributed by atoms with Gasteiger partial charge in [-0.15, -0.1) is 0 Å². The number of piperazine rings is 1. The van der Waals surface area contributed by atoms with Crippen LogP contribution < -0.4 is 19.5 Å². The molecule has 6 nitrogen and oxygen atoms in total. The Labute approximate surface area is 184 Å². The first-order valence-electron chi connectivity index (χ1n) is 10.1. The Morgan fingerprint density at radius 1 is 0.933 bits per heavy atom. The van der Waals surface area contributed by atoms with E-state index in [0.29, 0.717) is 17.2 Å². The zero-order valence-corrected chi connectivity index (χ0v) is 19.3. The first-order chi connectivity index (χ1) is 14.4. The number of thiocarbonyl (C=S) groups is 1. The standard InChI is InChI=1S/C23H31N3O3S/c1-16-6-7-19(17(2)12-16)24-23(30)26-10-8-25(9-11-26)15-18-13-20(27-3)22(29-5)21(14-18)28-4/h6-7,12-14H,8-11,15H2,1-5H3,(H,24,30). The fourth-order valence-electron chi connectivity index (χ4n) is 3.74. The zero-order chi connectivity index (χ0) is 21.7. The highest BCUT2D eigenvalue weighted by atomic mass is 32.1. The SMILES string of the molecule is COc1cc(CN2CCN(C(=S)Nc3ccc(C)cc3C)CC2)cc(OC)c1OC. The Morgan fingerprint density at radius 2 is 1.57 bits per heavy atom. The number of benzene rings is 2. The molecule has 0 saturated carbocycles. The molecule has 0 unspecified atom stereocenters. The van der Waals surface area contributed by atoms with Gasteiger partial charge in [0, 0.05) is 38.4 Å². The van der Waals surface area contributed by atoms with Crippen LogP contribution in [0.2, 0.25) is 0 Å². The number of nitrogens with zero attached hydrogens (tertiary/aromatic N) is 2. The molecule has 0 aliphatic carbocycles. The Hall–Kier alpha value is -2.51. The molecular formula is C23H31N3O3S. The lowest BCUT2D eigenvalue weighted by molar-refractivity contribution is 0.176. The first-order valence-corrected chi connectivity index (χ1v) is 10.5. The third-order valence-corrected chi connectivity index (χ3v) is 5.77. The molecule has 2 aromatic carbocycles. The van der Waals surface area contributed by atoms with Crippen LogP contribution in [0.1, 0.15) is 16.7 Å². The number of methoxy groups -OCH3 is 3. The second-order valence-electron chi connectivity index (χ2n) is 7.55. The molecule has 1 aliphatic heterocycles. The van der Waals surface area contributed by atoms with Crippen molar-refractivity contribution in [3.63, 3.8) is 0 Å². The Morgan fingerprint density at radius 3 is 2.10 bits per heavy atom. The van der Waals surface area contributed by atoms with Crippen LogP contribution in [0.4, 0.5) is 5.69 Å². The quantitative estimate of drug-likeness (QED) is 0.700. The molecule has 0 amide bonds. The number of nitrogens with one attached hydrogen (secondary N) is 1. The minimum absolute atomic E-state index is 0.622. The number of aryl methyl sites for hydroxylation is 2. The number of ether oxygens (including phenoxy) is 3. The van der Waals surface area contributed by atoms with Crippen LogP contribution in [0.15, 0.2) is 30.3 Å². The fraction of sp³-hybridized carbons (Fsp3) is 0.435. The summed E-state index contributed by atoms with van der Waals surface area (Å²) < 4.78 is 16.4. The van der Waals surface area contributed by atoms with Crippen LogP contribution in [-0.2, 0) is 6.54 Å². The van der Waals surface area contributed by atoms with Gasteiger partial charge in [-0.2, -0.15) is 0 Å². The van der Waals surface area contributed by atoms with Gasteiger partial charge in [0.05, 0.1) is 21.3 Å². The molecule has 0 spiro atoms. The van der Waals surface area contributed by atoms with Crippen LogP contribution in [0.5, 0.6) is 17.2 Å². The van der Waals surface area contributed by atoms with Crippen molar-refractivity contribution >= 4 is 23.0 Å². The molecule has 162 valence electrons. The lowest BCUT2D eigenvalue weighted by atomic mass is 10.1. The molecule has 2 aromatic rings. The molecule has 1 fully saturated rings. The Balaban J connectivity index is 1.58. The van der Waals surface area contributed by atoms with Gasteiger partial charge in [0.15, 0.2) is 16.6 Å². The summed E-state index contributed by atoms with van der Waals surface area (Å²) in [5, 5.41) is 4.19. The minimum Gasteiger partial charge on any atom is -0.493 e. The summed E-state index contributed by atoms with van der Waals surface area (Å²) in [5.41, 5.74) is 4.67. The van der Waals surface area contributed by atoms with E-state index in [1.165, 1.54) is 11.1 Å². The molecule has 0 bridgehead atoms. The topological polar surface area (TPSA) is 46.2 Å². The normalized spacial score (nSPS) is 14.4. The highest BCUT2D eigenvalue weighted by Gasteiger charge is 2.21. The predicted molar refractivity (Wildman–Crippen MR) is 125 cm³/mol. The maximum Gasteiger partial charge on any atom is 0.203 e. The monoisotopic (exact) mass is 429 g/mol. The molecule has 1 aliphatic rings. The van der Waals surface area contributed by atoms with Crippen LogP contribution in [0, 0.1) is 13.8 Å². The molecular weight excluding hydrogens is 398 g/mol. The van der Waals surface area contributed by atoms with Gasteiger partial charge in [0.2, 0.25) is 5.75 Å². The third kappa shape index (κ3) is 5.15. The number of rotatable bonds is 6. The van der Waals surface area contributed by atoms with Crippen LogP contribution in [0.3, 0.4) is 0 Å². The number of hydrogen-bond acceptors (Lipinski definition) is 5. The molecule has 0 atom stereocenters. The maximum atomic E-state index is 5.66. The summed E-state index contributed by atoms with van der Waals surface area (Å²) in [6, 6.07) is 10.4. The van der Waals surface area contributed by atoms with E-state index in [9.17, 15) is 0 Å². The van der Waals surface area contributed by atoms with E-state index in [1.54, 1.807) is 21.3 Å². The second-order valence-corrected chi connectivity index (χ2v) is 7.93. The number of anilines is 1. The van der Waals surface area contributed by atoms with Crippen molar-refractivity contribution in [1.29, 1.82) is 0 Å². The van der Waals surface area contributed by atoms with E-state index >= 15 is 0 Å². The fourth-order valence-corrected chi connectivity index (χ4v) is 4.03. The molecule has 1 heterocycles. The average Bonchev–Trinajstić information content (AvgIpc) is 2.75. The van der Waals surface area contributed by atoms with Gasteiger partial charge in [0.1, 0.15) is 0 Å². The van der Waals surface area contributed by atoms with Crippen molar-refractivity contribution in [2.45, 2.75) is 20.4 Å². The number of hydrogen-bond donors (Lipinski definition) is 1. The van der Waals surface area contributed by atoms with Gasteiger partial charge >= 0.3 is 0 Å². The predicted octanol–water partition coefficient (Wildman–Crippen LogP) is 3.84. The van der Waals surface area contributed by atoms with Crippen molar-refractivity contribution in [1.82, 2.24) is 9.80 Å². The van der Waals surface area contributed by atoms with E-state index in [2.05, 4.69) is 47.2 Å². The molecule has 30 heavy (non-hydrogen) atoms. The highest BCUT2D eigenvalue weighted by molar-refractivity contribution is 7.80.